The summed E-state index contributed by atoms with van der Waals surface area (Å²) in [5, 5.41) is 3.55. The van der Waals surface area contributed by atoms with Crippen LogP contribution in [0.15, 0.2) is 18.2 Å². The molecule has 90 valence electrons. The lowest BCUT2D eigenvalue weighted by Crippen LogP contribution is -2.48. The lowest BCUT2D eigenvalue weighted by Gasteiger charge is -2.39. The van der Waals surface area contributed by atoms with Crippen LogP contribution in [-0.4, -0.2) is 39.3 Å². The molecule has 0 saturated carbocycles. The van der Waals surface area contributed by atoms with Gasteiger partial charge in [0, 0.05) is 38.6 Å². The summed E-state index contributed by atoms with van der Waals surface area (Å²) in [7, 11) is 2.22. The Bertz CT molecular complexity index is 457. The second-order valence-corrected chi connectivity index (χ2v) is 5.50. The van der Waals surface area contributed by atoms with E-state index in [4.69, 9.17) is 0 Å². The smallest absolute Gasteiger partial charge is 0.0644 e. The molecule has 0 bridgehead atoms. The van der Waals surface area contributed by atoms with Crippen LogP contribution in [0, 0.1) is 0 Å². The maximum atomic E-state index is 3.55. The lowest BCUT2D eigenvalue weighted by atomic mass is 9.90. The number of hydrogen-bond donors (Lipinski definition) is 1. The summed E-state index contributed by atoms with van der Waals surface area (Å²) in [5.74, 6) is 0.713. The minimum Gasteiger partial charge on any atom is -0.371 e. The van der Waals surface area contributed by atoms with Gasteiger partial charge in [0.1, 0.15) is 0 Å². The summed E-state index contributed by atoms with van der Waals surface area (Å²) < 4.78 is 0. The molecule has 3 nitrogen and oxygen atoms in total. The number of hydrogen-bond acceptors (Lipinski definition) is 3. The van der Waals surface area contributed by atoms with Crippen LogP contribution >= 0.6 is 0 Å². The molecular weight excluding hydrogens is 210 g/mol. The third-order valence-electron chi connectivity index (χ3n) is 4.67. The first kappa shape index (κ1) is 9.77. The predicted molar refractivity (Wildman–Crippen MR) is 71.1 cm³/mol. The molecule has 1 aromatic rings. The molecule has 1 N–H and O–H groups in total. The zero-order valence-electron chi connectivity index (χ0n) is 10.3. The number of fused-ring (bicyclic) bond motifs is 3. The molecule has 3 heterocycles. The summed E-state index contributed by atoms with van der Waals surface area (Å²) in [6.45, 7) is 4.69. The standard InChI is InChI=1S/C14H19N3/c1-16-7-8-17-12-5-6-15-9-11(12)10-3-2-4-13(16)14(10)17/h2-4,11-12,15H,5-9H2,1H3/t11?,12-/m1/s1. The zero-order valence-corrected chi connectivity index (χ0v) is 10.3. The average molecular weight is 229 g/mol. The highest BCUT2D eigenvalue weighted by atomic mass is 15.3. The normalized spacial score (nSPS) is 30.2. The molecule has 0 radical (unpaired) electrons. The molecule has 1 unspecified atom stereocenters. The molecular formula is C14H19N3. The van der Waals surface area contributed by atoms with Crippen LogP contribution in [-0.2, 0) is 0 Å². The van der Waals surface area contributed by atoms with E-state index < -0.39 is 0 Å². The Hall–Kier alpha value is -1.22. The van der Waals surface area contributed by atoms with Crippen LogP contribution in [0.4, 0.5) is 11.4 Å². The highest BCUT2D eigenvalue weighted by Gasteiger charge is 2.42. The second-order valence-electron chi connectivity index (χ2n) is 5.50. The van der Waals surface area contributed by atoms with Gasteiger partial charge >= 0.3 is 0 Å². The highest BCUT2D eigenvalue weighted by Crippen LogP contribution is 2.49. The zero-order chi connectivity index (χ0) is 11.4. The number of nitrogens with one attached hydrogen (secondary N) is 1. The fraction of sp³-hybridized carbons (Fsp3) is 0.571. The minimum atomic E-state index is 0.713. The first-order valence-corrected chi connectivity index (χ1v) is 6.67. The van der Waals surface area contributed by atoms with Gasteiger partial charge in [0.2, 0.25) is 0 Å². The number of likely N-dealkylation sites (N-methyl/N-ethyl adjacent to an activating group) is 1. The Morgan fingerprint density at radius 1 is 1.29 bits per heavy atom. The van der Waals surface area contributed by atoms with Crippen molar-refractivity contribution in [1.29, 1.82) is 0 Å². The molecule has 0 spiro atoms. The van der Waals surface area contributed by atoms with E-state index in [1.54, 1.807) is 5.56 Å². The number of piperidine rings is 1. The van der Waals surface area contributed by atoms with E-state index >= 15 is 0 Å². The predicted octanol–water partition coefficient (Wildman–Crippen LogP) is 1.40. The van der Waals surface area contributed by atoms with Gasteiger partial charge in [-0.15, -0.1) is 0 Å². The van der Waals surface area contributed by atoms with E-state index in [-0.39, 0.29) is 0 Å². The van der Waals surface area contributed by atoms with Gasteiger partial charge < -0.3 is 15.1 Å². The van der Waals surface area contributed by atoms with E-state index in [0.29, 0.717) is 5.92 Å². The van der Waals surface area contributed by atoms with Crippen LogP contribution in [0.5, 0.6) is 0 Å². The third kappa shape index (κ3) is 1.20. The van der Waals surface area contributed by atoms with Gasteiger partial charge in [-0.2, -0.15) is 0 Å². The van der Waals surface area contributed by atoms with Crippen LogP contribution in [0.3, 0.4) is 0 Å². The van der Waals surface area contributed by atoms with Crippen molar-refractivity contribution in [3.63, 3.8) is 0 Å². The highest BCUT2D eigenvalue weighted by molar-refractivity contribution is 5.80. The fourth-order valence-corrected chi connectivity index (χ4v) is 3.83. The van der Waals surface area contributed by atoms with E-state index in [1.807, 2.05) is 0 Å². The van der Waals surface area contributed by atoms with Gasteiger partial charge in [0.15, 0.2) is 0 Å². The van der Waals surface area contributed by atoms with Gasteiger partial charge in [-0.1, -0.05) is 12.1 Å². The fourth-order valence-electron chi connectivity index (χ4n) is 3.83. The van der Waals surface area contributed by atoms with Crippen molar-refractivity contribution in [3.05, 3.63) is 23.8 Å². The number of rotatable bonds is 0. The van der Waals surface area contributed by atoms with E-state index in [1.165, 1.54) is 30.9 Å². The van der Waals surface area contributed by atoms with Crippen molar-refractivity contribution < 1.29 is 0 Å². The summed E-state index contributed by atoms with van der Waals surface area (Å²) in [4.78, 5) is 5.08. The summed E-state index contributed by atoms with van der Waals surface area (Å²) in [6.07, 6.45) is 1.29. The molecule has 0 aliphatic carbocycles. The summed E-state index contributed by atoms with van der Waals surface area (Å²) in [5.41, 5.74) is 4.54. The average Bonchev–Trinajstić information content (AvgIpc) is 2.70. The Morgan fingerprint density at radius 3 is 3.18 bits per heavy atom. The maximum absolute atomic E-state index is 3.55. The number of benzene rings is 1. The Labute approximate surface area is 102 Å². The summed E-state index contributed by atoms with van der Waals surface area (Å²) in [6, 6.07) is 7.59. The Balaban J connectivity index is 1.89. The van der Waals surface area contributed by atoms with Gasteiger partial charge in [-0.3, -0.25) is 0 Å². The molecule has 1 aromatic carbocycles. The summed E-state index contributed by atoms with van der Waals surface area (Å²) >= 11 is 0. The third-order valence-corrected chi connectivity index (χ3v) is 4.67. The van der Waals surface area contributed by atoms with Gasteiger partial charge in [-0.05, 0) is 24.6 Å². The van der Waals surface area contributed by atoms with Crippen molar-refractivity contribution in [2.24, 2.45) is 0 Å². The molecule has 3 heteroatoms. The molecule has 3 aliphatic rings. The van der Waals surface area contributed by atoms with Crippen molar-refractivity contribution in [3.8, 4) is 0 Å². The molecule has 3 aliphatic heterocycles. The van der Waals surface area contributed by atoms with Crippen LogP contribution in [0.2, 0.25) is 0 Å². The first-order chi connectivity index (χ1) is 8.36. The molecule has 2 atom stereocenters. The molecule has 1 fully saturated rings. The van der Waals surface area contributed by atoms with Crippen LogP contribution in [0.25, 0.3) is 0 Å². The van der Waals surface area contributed by atoms with Gasteiger partial charge in [0.25, 0.3) is 0 Å². The molecule has 0 amide bonds. The lowest BCUT2D eigenvalue weighted by molar-refractivity contribution is 0.402. The topological polar surface area (TPSA) is 18.5 Å². The SMILES string of the molecule is CN1CCN2c3c(cccc31)C1CNCC[C@H]12. The molecule has 4 rings (SSSR count). The van der Waals surface area contributed by atoms with E-state index in [0.717, 1.165) is 19.1 Å². The van der Waals surface area contributed by atoms with Crippen molar-refractivity contribution in [2.75, 3.05) is 43.0 Å². The Kier molecular flexibility index (Phi) is 1.95. The van der Waals surface area contributed by atoms with Gasteiger partial charge in [0.05, 0.1) is 11.4 Å². The number of nitrogens with zero attached hydrogens (tertiary/aromatic N) is 2. The number of anilines is 2. The minimum absolute atomic E-state index is 0.713. The van der Waals surface area contributed by atoms with E-state index in [2.05, 4.69) is 40.4 Å². The van der Waals surface area contributed by atoms with E-state index in [9.17, 15) is 0 Å². The largest absolute Gasteiger partial charge is 0.371 e. The maximum Gasteiger partial charge on any atom is 0.0644 e. The molecule has 1 saturated heterocycles. The monoisotopic (exact) mass is 229 g/mol. The van der Waals surface area contributed by atoms with Gasteiger partial charge in [-0.25, -0.2) is 0 Å². The van der Waals surface area contributed by atoms with Crippen molar-refractivity contribution >= 4 is 11.4 Å². The Morgan fingerprint density at radius 2 is 2.24 bits per heavy atom. The van der Waals surface area contributed by atoms with Crippen molar-refractivity contribution in [2.45, 2.75) is 18.4 Å². The second kappa shape index (κ2) is 3.39. The first-order valence-electron chi connectivity index (χ1n) is 6.67. The van der Waals surface area contributed by atoms with Crippen molar-refractivity contribution in [1.82, 2.24) is 5.32 Å². The van der Waals surface area contributed by atoms with Crippen LogP contribution in [0.1, 0.15) is 17.9 Å². The van der Waals surface area contributed by atoms with Crippen LogP contribution < -0.4 is 15.1 Å². The molecule has 17 heavy (non-hydrogen) atoms. The number of para-hydroxylation sites is 1. The molecule has 0 aromatic heterocycles. The quantitative estimate of drug-likeness (QED) is 0.725.